The molecule has 66 valence electrons. The van der Waals surface area contributed by atoms with Crippen LogP contribution in [0.25, 0.3) is 0 Å². The van der Waals surface area contributed by atoms with Gasteiger partial charge in [0, 0.05) is 6.20 Å². The van der Waals surface area contributed by atoms with Crippen molar-refractivity contribution in [1.29, 1.82) is 0 Å². The van der Waals surface area contributed by atoms with Crippen molar-refractivity contribution >= 4 is 17.3 Å². The Hall–Kier alpha value is -1.04. The Bertz CT molecular complexity index is 273. The van der Waals surface area contributed by atoms with Crippen molar-refractivity contribution in [3.8, 4) is 0 Å². The van der Waals surface area contributed by atoms with Crippen molar-refractivity contribution in [2.24, 2.45) is 0 Å². The van der Waals surface area contributed by atoms with Crippen LogP contribution in [0, 0.1) is 0 Å². The molecule has 12 heavy (non-hydrogen) atoms. The van der Waals surface area contributed by atoms with Gasteiger partial charge in [0.15, 0.2) is 0 Å². The van der Waals surface area contributed by atoms with Crippen LogP contribution in [0.15, 0.2) is 11.7 Å². The molecule has 0 radical (unpaired) electrons. The molecule has 1 aromatic rings. The Morgan fingerprint density at radius 1 is 1.75 bits per heavy atom. The highest BCUT2D eigenvalue weighted by Crippen LogP contribution is 2.33. The normalized spacial score (nSPS) is 11.5. The van der Waals surface area contributed by atoms with Gasteiger partial charge in [0.1, 0.15) is 6.42 Å². The summed E-state index contributed by atoms with van der Waals surface area (Å²) in [7, 11) is 0. The Kier molecular flexibility index (Phi) is 2.37. The summed E-state index contributed by atoms with van der Waals surface area (Å²) < 4.78 is 25.7. The highest BCUT2D eigenvalue weighted by molar-refractivity contribution is 7.09. The molecule has 0 aliphatic heterocycles. The molecule has 0 aliphatic rings. The largest absolute Gasteiger partial charge is 0.481 e. The minimum absolute atomic E-state index is 0.315. The summed E-state index contributed by atoms with van der Waals surface area (Å²) in [4.78, 5) is 13.1. The Balaban J connectivity index is 2.79. The lowest BCUT2D eigenvalue weighted by Crippen LogP contribution is -2.16. The first-order valence-electron chi connectivity index (χ1n) is 3.01. The fourth-order valence-corrected chi connectivity index (χ4v) is 1.28. The van der Waals surface area contributed by atoms with E-state index in [1.165, 1.54) is 5.51 Å². The maximum Gasteiger partial charge on any atom is 0.309 e. The third-order valence-electron chi connectivity index (χ3n) is 1.17. The smallest absolute Gasteiger partial charge is 0.309 e. The number of rotatable bonds is 3. The van der Waals surface area contributed by atoms with E-state index in [9.17, 15) is 13.6 Å². The molecule has 1 N–H and O–H groups in total. The fraction of sp³-hybridized carbons (Fsp3) is 0.333. The molecule has 0 aromatic carbocycles. The summed E-state index contributed by atoms with van der Waals surface area (Å²) in [6.45, 7) is 0. The van der Waals surface area contributed by atoms with Crippen molar-refractivity contribution in [2.75, 3.05) is 0 Å². The monoisotopic (exact) mass is 193 g/mol. The average molecular weight is 193 g/mol. The van der Waals surface area contributed by atoms with Gasteiger partial charge in [-0.15, -0.1) is 11.3 Å². The van der Waals surface area contributed by atoms with Crippen molar-refractivity contribution in [1.82, 2.24) is 4.98 Å². The average Bonchev–Trinajstić information content (AvgIpc) is 2.32. The molecule has 0 saturated carbocycles. The molecular formula is C6H5F2NO2S. The number of carboxylic acid groups (broad SMARTS) is 1. The van der Waals surface area contributed by atoms with Gasteiger partial charge in [-0.1, -0.05) is 0 Å². The zero-order chi connectivity index (χ0) is 9.19. The van der Waals surface area contributed by atoms with Gasteiger partial charge in [-0.25, -0.2) is 0 Å². The van der Waals surface area contributed by atoms with Gasteiger partial charge in [0.2, 0.25) is 0 Å². The summed E-state index contributed by atoms with van der Waals surface area (Å²) in [5.41, 5.74) is 1.24. The fourth-order valence-electron chi connectivity index (χ4n) is 0.673. The molecule has 1 heterocycles. The zero-order valence-electron chi connectivity index (χ0n) is 5.83. The summed E-state index contributed by atoms with van der Waals surface area (Å²) >= 11 is 0.747. The summed E-state index contributed by atoms with van der Waals surface area (Å²) in [6, 6.07) is 0. The summed E-state index contributed by atoms with van der Waals surface area (Å²) in [5.74, 6) is -4.82. The third kappa shape index (κ3) is 1.97. The lowest BCUT2D eigenvalue weighted by atomic mass is 10.2. The van der Waals surface area contributed by atoms with Crippen LogP contribution in [0.4, 0.5) is 8.78 Å². The predicted octanol–water partition coefficient (Wildman–Crippen LogP) is 1.71. The van der Waals surface area contributed by atoms with Crippen LogP contribution in [0.1, 0.15) is 11.3 Å². The molecule has 6 heteroatoms. The zero-order valence-corrected chi connectivity index (χ0v) is 6.65. The van der Waals surface area contributed by atoms with E-state index in [0.29, 0.717) is 0 Å². The first kappa shape index (κ1) is 9.05. The standard InChI is InChI=1S/C6H5F2NO2S/c7-6(8,1-5(10)11)4-2-9-3-12-4/h2-3H,1H2,(H,10,11). The van der Waals surface area contributed by atoms with E-state index < -0.39 is 18.3 Å². The van der Waals surface area contributed by atoms with Crippen LogP contribution in [0.2, 0.25) is 0 Å². The maximum absolute atomic E-state index is 12.8. The van der Waals surface area contributed by atoms with Gasteiger partial charge in [-0.3, -0.25) is 9.78 Å². The lowest BCUT2D eigenvalue weighted by Gasteiger charge is -2.09. The molecule has 0 aliphatic carbocycles. The van der Waals surface area contributed by atoms with Gasteiger partial charge < -0.3 is 5.11 Å². The molecule has 0 atom stereocenters. The van der Waals surface area contributed by atoms with E-state index in [4.69, 9.17) is 5.11 Å². The second-order valence-electron chi connectivity index (χ2n) is 2.14. The van der Waals surface area contributed by atoms with E-state index in [1.54, 1.807) is 0 Å². The van der Waals surface area contributed by atoms with Crippen molar-refractivity contribution in [3.05, 3.63) is 16.6 Å². The van der Waals surface area contributed by atoms with Gasteiger partial charge in [0.05, 0.1) is 10.4 Å². The first-order valence-corrected chi connectivity index (χ1v) is 3.89. The Labute approximate surface area is 70.7 Å². The third-order valence-corrected chi connectivity index (χ3v) is 2.05. The topological polar surface area (TPSA) is 50.2 Å². The van der Waals surface area contributed by atoms with Crippen molar-refractivity contribution < 1.29 is 18.7 Å². The molecule has 0 amide bonds. The number of aromatic nitrogens is 1. The maximum atomic E-state index is 12.8. The van der Waals surface area contributed by atoms with Crippen LogP contribution >= 0.6 is 11.3 Å². The van der Waals surface area contributed by atoms with E-state index in [2.05, 4.69) is 4.98 Å². The highest BCUT2D eigenvalue weighted by Gasteiger charge is 2.35. The number of halogens is 2. The Morgan fingerprint density at radius 2 is 2.42 bits per heavy atom. The van der Waals surface area contributed by atoms with E-state index in [-0.39, 0.29) is 4.88 Å². The van der Waals surface area contributed by atoms with Crippen LogP contribution in [0.3, 0.4) is 0 Å². The second-order valence-corrected chi connectivity index (χ2v) is 3.03. The van der Waals surface area contributed by atoms with Gasteiger partial charge >= 0.3 is 5.97 Å². The van der Waals surface area contributed by atoms with Crippen LogP contribution in [0.5, 0.6) is 0 Å². The SMILES string of the molecule is O=C(O)CC(F)(F)c1cncs1. The van der Waals surface area contributed by atoms with Gasteiger partial charge in [-0.05, 0) is 0 Å². The Morgan fingerprint density at radius 3 is 2.83 bits per heavy atom. The van der Waals surface area contributed by atoms with E-state index >= 15 is 0 Å². The first-order chi connectivity index (χ1) is 5.52. The number of alkyl halides is 2. The molecule has 0 fully saturated rings. The second kappa shape index (κ2) is 3.14. The summed E-state index contributed by atoms with van der Waals surface area (Å²) in [6.07, 6.45) is -0.206. The minimum Gasteiger partial charge on any atom is -0.481 e. The minimum atomic E-state index is -3.30. The molecule has 0 bridgehead atoms. The quantitative estimate of drug-likeness (QED) is 0.794. The number of hydrogen-bond donors (Lipinski definition) is 1. The number of nitrogens with zero attached hydrogens (tertiary/aromatic N) is 1. The van der Waals surface area contributed by atoms with E-state index in [0.717, 1.165) is 17.5 Å². The molecule has 1 aromatic heterocycles. The molecular weight excluding hydrogens is 188 g/mol. The highest BCUT2D eigenvalue weighted by atomic mass is 32.1. The van der Waals surface area contributed by atoms with Crippen LogP contribution < -0.4 is 0 Å². The number of thiazole rings is 1. The lowest BCUT2D eigenvalue weighted by molar-refractivity contribution is -0.145. The summed E-state index contributed by atoms with van der Waals surface area (Å²) in [5, 5.41) is 8.15. The predicted molar refractivity (Wildman–Crippen MR) is 38.3 cm³/mol. The number of hydrogen-bond acceptors (Lipinski definition) is 3. The van der Waals surface area contributed by atoms with Crippen LogP contribution in [-0.4, -0.2) is 16.1 Å². The molecule has 0 saturated heterocycles. The molecule has 0 unspecified atom stereocenters. The van der Waals surface area contributed by atoms with Crippen LogP contribution in [-0.2, 0) is 10.7 Å². The molecule has 3 nitrogen and oxygen atoms in total. The van der Waals surface area contributed by atoms with E-state index in [1.807, 2.05) is 0 Å². The number of carboxylic acids is 1. The van der Waals surface area contributed by atoms with Crippen molar-refractivity contribution in [3.63, 3.8) is 0 Å². The molecule has 1 rings (SSSR count). The molecule has 0 spiro atoms. The van der Waals surface area contributed by atoms with Gasteiger partial charge in [0.25, 0.3) is 5.92 Å². The number of aliphatic carboxylic acids is 1. The van der Waals surface area contributed by atoms with Crippen molar-refractivity contribution in [2.45, 2.75) is 12.3 Å². The van der Waals surface area contributed by atoms with Gasteiger partial charge in [-0.2, -0.15) is 8.78 Å². The number of carbonyl (C=O) groups is 1.